The Morgan fingerprint density at radius 3 is 2.32 bits per heavy atom. The summed E-state index contributed by atoms with van der Waals surface area (Å²) in [5.41, 5.74) is 18.1. The molecule has 0 atom stereocenters. The van der Waals surface area contributed by atoms with Gasteiger partial charge in [0.2, 0.25) is 17.8 Å². The van der Waals surface area contributed by atoms with Gasteiger partial charge in [-0.15, -0.1) is 0 Å². The van der Waals surface area contributed by atoms with Gasteiger partial charge < -0.3 is 17.2 Å². The number of benzene rings is 1. The first-order valence-electron chi connectivity index (χ1n) is 7.41. The molecule has 1 spiro atoms. The summed E-state index contributed by atoms with van der Waals surface area (Å²) in [7, 11) is 0. The Bertz CT molecular complexity index is 643. The number of carbonyl (C=O) groups excluding carboxylic acids is 1. The third kappa shape index (κ3) is 2.38. The fourth-order valence-corrected chi connectivity index (χ4v) is 3.27. The van der Waals surface area contributed by atoms with Crippen molar-refractivity contribution < 1.29 is 4.79 Å². The highest BCUT2D eigenvalue weighted by atomic mass is 16.1. The highest BCUT2D eigenvalue weighted by molar-refractivity contribution is 6.05. The number of hydrogen-bond donors (Lipinski definition) is 3. The second kappa shape index (κ2) is 5.32. The second-order valence-corrected chi connectivity index (χ2v) is 5.73. The Kier molecular flexibility index (Phi) is 3.48. The van der Waals surface area contributed by atoms with Gasteiger partial charge in [0.15, 0.2) is 0 Å². The Morgan fingerprint density at radius 2 is 1.73 bits per heavy atom. The number of anilines is 1. The van der Waals surface area contributed by atoms with E-state index < -0.39 is 11.6 Å². The average molecular weight is 300 g/mol. The molecule has 2 aliphatic rings. The van der Waals surface area contributed by atoms with E-state index in [1.54, 1.807) is 12.1 Å². The maximum absolute atomic E-state index is 11.2. The van der Waals surface area contributed by atoms with Crippen molar-refractivity contribution >= 4 is 23.5 Å². The van der Waals surface area contributed by atoms with Crippen molar-refractivity contribution in [2.75, 3.05) is 4.90 Å². The first-order valence-corrected chi connectivity index (χ1v) is 7.41. The van der Waals surface area contributed by atoms with Crippen molar-refractivity contribution in [1.82, 2.24) is 0 Å². The monoisotopic (exact) mass is 300 g/mol. The molecule has 1 aromatic carbocycles. The van der Waals surface area contributed by atoms with E-state index in [4.69, 9.17) is 17.2 Å². The van der Waals surface area contributed by atoms with Crippen LogP contribution in [0.1, 0.15) is 42.5 Å². The summed E-state index contributed by atoms with van der Waals surface area (Å²) in [5.74, 6) is 0.104. The molecule has 0 saturated heterocycles. The van der Waals surface area contributed by atoms with E-state index in [9.17, 15) is 4.79 Å². The zero-order chi connectivity index (χ0) is 15.7. The molecule has 0 aromatic heterocycles. The van der Waals surface area contributed by atoms with Gasteiger partial charge in [0.05, 0.1) is 0 Å². The van der Waals surface area contributed by atoms with Crippen molar-refractivity contribution in [1.29, 1.82) is 0 Å². The van der Waals surface area contributed by atoms with Crippen LogP contribution in [-0.2, 0) is 0 Å². The van der Waals surface area contributed by atoms with Gasteiger partial charge >= 0.3 is 0 Å². The number of hydrogen-bond acceptors (Lipinski definition) is 6. The van der Waals surface area contributed by atoms with E-state index in [1.807, 2.05) is 17.0 Å². The van der Waals surface area contributed by atoms with Crippen LogP contribution < -0.4 is 22.1 Å². The molecule has 3 rings (SSSR count). The van der Waals surface area contributed by atoms with Crippen LogP contribution in [0.4, 0.5) is 5.69 Å². The molecule has 1 heterocycles. The molecule has 0 radical (unpaired) electrons. The Morgan fingerprint density at radius 1 is 1.09 bits per heavy atom. The molecule has 6 N–H and O–H groups in total. The summed E-state index contributed by atoms with van der Waals surface area (Å²) in [4.78, 5) is 21.8. The van der Waals surface area contributed by atoms with Gasteiger partial charge in [-0.2, -0.15) is 4.99 Å². The van der Waals surface area contributed by atoms with Crippen molar-refractivity contribution in [2.24, 2.45) is 27.2 Å². The highest BCUT2D eigenvalue weighted by Crippen LogP contribution is 2.39. The number of nitrogens with zero attached hydrogens (tertiary/aromatic N) is 3. The predicted molar refractivity (Wildman–Crippen MR) is 86.5 cm³/mol. The quantitative estimate of drug-likeness (QED) is 0.750. The molecule has 0 bridgehead atoms. The number of rotatable bonds is 2. The third-order valence-electron chi connectivity index (χ3n) is 4.26. The maximum Gasteiger partial charge on any atom is 0.248 e. The fraction of sp³-hybridized carbons (Fsp3) is 0.400. The van der Waals surface area contributed by atoms with Crippen molar-refractivity contribution in [3.8, 4) is 0 Å². The molecule has 1 fully saturated rings. The lowest BCUT2D eigenvalue weighted by atomic mass is 9.87. The van der Waals surface area contributed by atoms with E-state index in [-0.39, 0.29) is 5.96 Å². The first-order chi connectivity index (χ1) is 10.5. The average Bonchev–Trinajstić information content (AvgIpc) is 2.47. The Labute approximate surface area is 128 Å². The lowest BCUT2D eigenvalue weighted by Crippen LogP contribution is -2.58. The minimum Gasteiger partial charge on any atom is -0.369 e. The zero-order valence-corrected chi connectivity index (χ0v) is 12.3. The van der Waals surface area contributed by atoms with Crippen molar-refractivity contribution in [2.45, 2.75) is 37.8 Å². The van der Waals surface area contributed by atoms with Gasteiger partial charge in [0.25, 0.3) is 0 Å². The number of nitrogens with two attached hydrogens (primary N) is 3. The van der Waals surface area contributed by atoms with Crippen LogP contribution in [0.5, 0.6) is 0 Å². The number of carbonyl (C=O) groups is 1. The topological polar surface area (TPSA) is 123 Å². The van der Waals surface area contributed by atoms with Gasteiger partial charge in [0.1, 0.15) is 5.66 Å². The summed E-state index contributed by atoms with van der Waals surface area (Å²) < 4.78 is 0. The predicted octanol–water partition coefficient (Wildman–Crippen LogP) is 0.895. The molecule has 7 heteroatoms. The zero-order valence-electron chi connectivity index (χ0n) is 12.3. The summed E-state index contributed by atoms with van der Waals surface area (Å²) in [6.07, 6.45) is 5.07. The molecule has 22 heavy (non-hydrogen) atoms. The summed E-state index contributed by atoms with van der Waals surface area (Å²) in [6, 6.07) is 7.00. The smallest absolute Gasteiger partial charge is 0.248 e. The largest absolute Gasteiger partial charge is 0.369 e. The normalized spacial score (nSPS) is 20.5. The molecule has 0 unspecified atom stereocenters. The van der Waals surface area contributed by atoms with Crippen LogP contribution in [0.15, 0.2) is 34.3 Å². The third-order valence-corrected chi connectivity index (χ3v) is 4.26. The SMILES string of the molecule is NC(=O)c1ccc(N2C(N)=NC(N)=NC23CCCCC3)cc1. The Hall–Kier alpha value is -2.57. The Balaban J connectivity index is 2.02. The lowest BCUT2D eigenvalue weighted by molar-refractivity contribution is 0.100. The van der Waals surface area contributed by atoms with Crippen molar-refractivity contribution in [3.63, 3.8) is 0 Å². The molecule has 1 aromatic rings. The molecule has 7 nitrogen and oxygen atoms in total. The number of guanidine groups is 2. The summed E-state index contributed by atoms with van der Waals surface area (Å²) in [6.45, 7) is 0. The van der Waals surface area contributed by atoms with Crippen LogP contribution in [-0.4, -0.2) is 23.5 Å². The molecular formula is C15H20N6O. The molecule has 1 aliphatic carbocycles. The van der Waals surface area contributed by atoms with Crippen LogP contribution in [0.25, 0.3) is 0 Å². The van der Waals surface area contributed by atoms with Crippen molar-refractivity contribution in [3.05, 3.63) is 29.8 Å². The van der Waals surface area contributed by atoms with Crippen LogP contribution in [0.3, 0.4) is 0 Å². The number of amides is 1. The minimum absolute atomic E-state index is 0.226. The summed E-state index contributed by atoms with van der Waals surface area (Å²) in [5, 5.41) is 0. The van der Waals surface area contributed by atoms with Gasteiger partial charge in [-0.25, -0.2) is 4.99 Å². The molecular weight excluding hydrogens is 280 g/mol. The molecule has 116 valence electrons. The van der Waals surface area contributed by atoms with Crippen LogP contribution in [0, 0.1) is 0 Å². The molecule has 1 aliphatic heterocycles. The minimum atomic E-state index is -0.470. The van der Waals surface area contributed by atoms with E-state index in [0.29, 0.717) is 11.5 Å². The second-order valence-electron chi connectivity index (χ2n) is 5.73. The van der Waals surface area contributed by atoms with Gasteiger partial charge in [-0.05, 0) is 49.9 Å². The van der Waals surface area contributed by atoms with Gasteiger partial charge in [-0.3, -0.25) is 9.69 Å². The van der Waals surface area contributed by atoms with E-state index >= 15 is 0 Å². The lowest BCUT2D eigenvalue weighted by Gasteiger charge is -2.45. The van der Waals surface area contributed by atoms with E-state index in [0.717, 1.165) is 31.4 Å². The summed E-state index contributed by atoms with van der Waals surface area (Å²) >= 11 is 0. The van der Waals surface area contributed by atoms with Gasteiger partial charge in [-0.1, -0.05) is 6.42 Å². The van der Waals surface area contributed by atoms with Crippen LogP contribution in [0.2, 0.25) is 0 Å². The van der Waals surface area contributed by atoms with E-state index in [2.05, 4.69) is 9.98 Å². The molecule has 1 amide bonds. The standard InChI is InChI=1S/C15H20N6O/c16-12(22)10-4-6-11(7-5-10)21-14(18)19-13(17)20-15(21)8-2-1-3-9-15/h4-7H,1-3,8-9H2,(H2,16,22)(H4,17,18,19,20). The molecule has 1 saturated carbocycles. The number of aliphatic imine (C=N–C) groups is 2. The van der Waals surface area contributed by atoms with Gasteiger partial charge in [0, 0.05) is 11.3 Å². The van der Waals surface area contributed by atoms with E-state index in [1.165, 1.54) is 6.42 Å². The highest BCUT2D eigenvalue weighted by Gasteiger charge is 2.42. The fourth-order valence-electron chi connectivity index (χ4n) is 3.27. The first kappa shape index (κ1) is 14.4. The maximum atomic E-state index is 11.2. The number of primary amides is 1. The van der Waals surface area contributed by atoms with Crippen LogP contribution >= 0.6 is 0 Å².